The Morgan fingerprint density at radius 1 is 1.29 bits per heavy atom. The van der Waals surface area contributed by atoms with Gasteiger partial charge in [0.2, 0.25) is 11.9 Å². The Hall–Kier alpha value is -2.86. The molecule has 186 valence electrons. The lowest BCUT2D eigenvalue weighted by Crippen LogP contribution is -2.33. The number of ether oxygens (including phenoxy) is 1. The van der Waals surface area contributed by atoms with E-state index in [1.54, 1.807) is 4.90 Å². The number of rotatable bonds is 9. The number of piperidine rings is 1. The standard InChI is InChI=1S/C22H32F2N8O2/c1-15-18(14-32(30-15)16-3-7-25-8-4-16)28-22-27-13-17(20(23)24)21(29-22)26-6-2-9-31-10-12-34-11-5-19(31)33/h13-14,16,20,25H,2-12H2,1H3,(H2,26,27,28,29). The number of amides is 1. The fourth-order valence-electron chi connectivity index (χ4n) is 4.17. The van der Waals surface area contributed by atoms with Crippen molar-refractivity contribution in [1.29, 1.82) is 0 Å². The zero-order valence-corrected chi connectivity index (χ0v) is 19.4. The van der Waals surface area contributed by atoms with Crippen molar-refractivity contribution in [1.82, 2.24) is 30.0 Å². The normalized spacial score (nSPS) is 17.8. The molecule has 10 nitrogen and oxygen atoms in total. The van der Waals surface area contributed by atoms with Gasteiger partial charge in [0.05, 0.1) is 42.6 Å². The minimum absolute atomic E-state index is 0.0553. The van der Waals surface area contributed by atoms with Crippen LogP contribution in [0.25, 0.3) is 0 Å². The van der Waals surface area contributed by atoms with Gasteiger partial charge in [-0.2, -0.15) is 10.1 Å². The molecule has 2 aromatic heterocycles. The first-order chi connectivity index (χ1) is 16.5. The van der Waals surface area contributed by atoms with Crippen LogP contribution in [0.2, 0.25) is 0 Å². The topological polar surface area (TPSA) is 109 Å². The molecule has 2 aliphatic rings. The monoisotopic (exact) mass is 478 g/mol. The van der Waals surface area contributed by atoms with Gasteiger partial charge in [0.1, 0.15) is 5.82 Å². The van der Waals surface area contributed by atoms with Gasteiger partial charge in [-0.25, -0.2) is 13.8 Å². The SMILES string of the molecule is Cc1nn(C2CCNCC2)cc1Nc1ncc(C(F)F)c(NCCCN2CCOCCC2=O)n1. The second-order valence-electron chi connectivity index (χ2n) is 8.54. The molecule has 0 atom stereocenters. The molecule has 2 saturated heterocycles. The number of hydrogen-bond acceptors (Lipinski definition) is 8. The predicted molar refractivity (Wildman–Crippen MR) is 123 cm³/mol. The molecule has 4 rings (SSSR count). The summed E-state index contributed by atoms with van der Waals surface area (Å²) in [6, 6.07) is 0.331. The summed E-state index contributed by atoms with van der Waals surface area (Å²) in [5.74, 6) is 0.362. The van der Waals surface area contributed by atoms with Gasteiger partial charge in [0.25, 0.3) is 6.43 Å². The van der Waals surface area contributed by atoms with E-state index in [1.165, 1.54) is 0 Å². The number of alkyl halides is 2. The average Bonchev–Trinajstić information content (AvgIpc) is 3.07. The number of anilines is 3. The van der Waals surface area contributed by atoms with Crippen LogP contribution in [0.15, 0.2) is 12.4 Å². The average molecular weight is 479 g/mol. The van der Waals surface area contributed by atoms with Gasteiger partial charge in [0, 0.05) is 32.0 Å². The largest absolute Gasteiger partial charge is 0.379 e. The van der Waals surface area contributed by atoms with Gasteiger partial charge < -0.3 is 25.6 Å². The number of carbonyl (C=O) groups excluding carboxylic acids is 1. The summed E-state index contributed by atoms with van der Waals surface area (Å²) in [5.41, 5.74) is 1.28. The van der Waals surface area contributed by atoms with E-state index in [0.29, 0.717) is 51.7 Å². The Labute approximate surface area is 197 Å². The number of nitrogens with one attached hydrogen (secondary N) is 3. The summed E-state index contributed by atoms with van der Waals surface area (Å²) >= 11 is 0. The molecule has 0 aliphatic carbocycles. The van der Waals surface area contributed by atoms with Crippen molar-refractivity contribution in [2.45, 2.75) is 45.1 Å². The van der Waals surface area contributed by atoms with E-state index in [0.717, 1.165) is 43.5 Å². The van der Waals surface area contributed by atoms with Gasteiger partial charge in [-0.1, -0.05) is 0 Å². The molecule has 0 bridgehead atoms. The summed E-state index contributed by atoms with van der Waals surface area (Å²) in [7, 11) is 0. The molecule has 0 unspecified atom stereocenters. The second kappa shape index (κ2) is 11.5. The predicted octanol–water partition coefficient (Wildman–Crippen LogP) is 2.64. The van der Waals surface area contributed by atoms with Crippen molar-refractivity contribution >= 4 is 23.4 Å². The minimum Gasteiger partial charge on any atom is -0.379 e. The Bertz CT molecular complexity index is 964. The quantitative estimate of drug-likeness (QED) is 0.472. The molecule has 0 spiro atoms. The first kappa shape index (κ1) is 24.3. The van der Waals surface area contributed by atoms with E-state index in [2.05, 4.69) is 31.0 Å². The van der Waals surface area contributed by atoms with Crippen LogP contribution in [0, 0.1) is 6.92 Å². The van der Waals surface area contributed by atoms with Crippen molar-refractivity contribution in [2.75, 3.05) is 56.6 Å². The van der Waals surface area contributed by atoms with E-state index in [4.69, 9.17) is 4.74 Å². The van der Waals surface area contributed by atoms with Gasteiger partial charge >= 0.3 is 0 Å². The molecule has 2 aromatic rings. The van der Waals surface area contributed by atoms with Crippen LogP contribution in [0.5, 0.6) is 0 Å². The van der Waals surface area contributed by atoms with Crippen molar-refractivity contribution in [3.63, 3.8) is 0 Å². The molecule has 3 N–H and O–H groups in total. The van der Waals surface area contributed by atoms with Crippen LogP contribution in [0.4, 0.5) is 26.2 Å². The van der Waals surface area contributed by atoms with Crippen molar-refractivity contribution in [3.05, 3.63) is 23.7 Å². The number of aromatic nitrogens is 4. The van der Waals surface area contributed by atoms with Crippen LogP contribution in [0.1, 0.15) is 49.4 Å². The molecule has 0 saturated carbocycles. The Morgan fingerprint density at radius 2 is 2.12 bits per heavy atom. The third kappa shape index (κ3) is 6.17. The molecule has 0 aromatic carbocycles. The van der Waals surface area contributed by atoms with Crippen LogP contribution >= 0.6 is 0 Å². The van der Waals surface area contributed by atoms with Gasteiger partial charge in [-0.05, 0) is 39.3 Å². The fraction of sp³-hybridized carbons (Fsp3) is 0.636. The number of halogens is 2. The third-order valence-electron chi connectivity index (χ3n) is 6.11. The number of carbonyl (C=O) groups is 1. The highest BCUT2D eigenvalue weighted by atomic mass is 19.3. The zero-order valence-electron chi connectivity index (χ0n) is 19.4. The maximum Gasteiger partial charge on any atom is 0.268 e. The maximum atomic E-state index is 13.5. The zero-order chi connectivity index (χ0) is 23.9. The number of nitrogens with zero attached hydrogens (tertiary/aromatic N) is 5. The van der Waals surface area contributed by atoms with Crippen molar-refractivity contribution in [2.24, 2.45) is 0 Å². The van der Waals surface area contributed by atoms with E-state index < -0.39 is 6.43 Å². The molecule has 4 heterocycles. The Balaban J connectivity index is 1.38. The summed E-state index contributed by atoms with van der Waals surface area (Å²) in [4.78, 5) is 22.2. The highest BCUT2D eigenvalue weighted by molar-refractivity contribution is 5.76. The van der Waals surface area contributed by atoms with E-state index in [9.17, 15) is 13.6 Å². The van der Waals surface area contributed by atoms with Crippen LogP contribution in [0.3, 0.4) is 0 Å². The maximum absolute atomic E-state index is 13.5. The lowest BCUT2D eigenvalue weighted by Gasteiger charge is -2.22. The molecule has 34 heavy (non-hydrogen) atoms. The van der Waals surface area contributed by atoms with Crippen molar-refractivity contribution < 1.29 is 18.3 Å². The molecular weight excluding hydrogens is 446 g/mol. The first-order valence-electron chi connectivity index (χ1n) is 11.8. The molecular formula is C22H32F2N8O2. The Kier molecular flexibility index (Phi) is 8.22. The van der Waals surface area contributed by atoms with Crippen LogP contribution in [-0.4, -0.2) is 76.5 Å². The van der Waals surface area contributed by atoms with E-state index in [-0.39, 0.29) is 23.2 Å². The van der Waals surface area contributed by atoms with Gasteiger partial charge in [-0.3, -0.25) is 9.48 Å². The molecule has 0 radical (unpaired) electrons. The highest BCUT2D eigenvalue weighted by Crippen LogP contribution is 2.28. The lowest BCUT2D eigenvalue weighted by molar-refractivity contribution is -0.130. The first-order valence-corrected chi connectivity index (χ1v) is 11.8. The Morgan fingerprint density at radius 3 is 2.91 bits per heavy atom. The van der Waals surface area contributed by atoms with E-state index >= 15 is 0 Å². The molecule has 2 fully saturated rings. The fourth-order valence-corrected chi connectivity index (χ4v) is 4.17. The summed E-state index contributed by atoms with van der Waals surface area (Å²) < 4.78 is 34.3. The highest BCUT2D eigenvalue weighted by Gasteiger charge is 2.20. The van der Waals surface area contributed by atoms with Crippen LogP contribution in [-0.2, 0) is 9.53 Å². The second-order valence-corrected chi connectivity index (χ2v) is 8.54. The summed E-state index contributed by atoms with van der Waals surface area (Å²) in [6.07, 6.45) is 3.34. The third-order valence-corrected chi connectivity index (χ3v) is 6.11. The minimum atomic E-state index is -2.70. The molecule has 2 aliphatic heterocycles. The lowest BCUT2D eigenvalue weighted by atomic mass is 10.1. The van der Waals surface area contributed by atoms with Crippen LogP contribution < -0.4 is 16.0 Å². The van der Waals surface area contributed by atoms with Gasteiger partial charge in [0.15, 0.2) is 0 Å². The van der Waals surface area contributed by atoms with E-state index in [1.807, 2.05) is 17.8 Å². The number of hydrogen-bond donors (Lipinski definition) is 3. The van der Waals surface area contributed by atoms with Crippen molar-refractivity contribution in [3.8, 4) is 0 Å². The number of aryl methyl sites for hydroxylation is 1. The molecule has 1 amide bonds. The molecule has 12 heteroatoms. The summed E-state index contributed by atoms with van der Waals surface area (Å²) in [6.45, 7) is 6.24. The van der Waals surface area contributed by atoms with Gasteiger partial charge in [-0.15, -0.1) is 0 Å². The smallest absolute Gasteiger partial charge is 0.268 e. The summed E-state index contributed by atoms with van der Waals surface area (Å²) in [5, 5.41) is 14.1.